The summed E-state index contributed by atoms with van der Waals surface area (Å²) >= 11 is 1.48. The second-order valence-electron chi connectivity index (χ2n) is 5.58. The highest BCUT2D eigenvalue weighted by molar-refractivity contribution is 7.99. The molecule has 0 aliphatic heterocycles. The van der Waals surface area contributed by atoms with Crippen molar-refractivity contribution in [1.29, 1.82) is 0 Å². The molecule has 0 N–H and O–H groups in total. The lowest BCUT2D eigenvalue weighted by Crippen LogP contribution is -2.27. The van der Waals surface area contributed by atoms with Crippen LogP contribution in [0.5, 0.6) is 0 Å². The zero-order valence-electron chi connectivity index (χ0n) is 14.2. The van der Waals surface area contributed by atoms with Gasteiger partial charge in [-0.15, -0.1) is 0 Å². The number of anilines is 1. The summed E-state index contributed by atoms with van der Waals surface area (Å²) in [5, 5.41) is 0. The molecule has 130 valence electrons. The van der Waals surface area contributed by atoms with Gasteiger partial charge in [0.15, 0.2) is 5.82 Å². The van der Waals surface area contributed by atoms with Gasteiger partial charge in [-0.05, 0) is 24.5 Å². The number of amides is 1. The molecular weight excluding hydrogens is 341 g/mol. The third-order valence-corrected chi connectivity index (χ3v) is 4.50. The maximum absolute atomic E-state index is 12.8. The summed E-state index contributed by atoms with van der Waals surface area (Å²) in [5.74, 6) is 1.11. The van der Waals surface area contributed by atoms with E-state index in [1.807, 2.05) is 30.0 Å². The van der Waals surface area contributed by atoms with Crippen LogP contribution in [-0.4, -0.2) is 44.5 Å². The van der Waals surface area contributed by atoms with Crippen molar-refractivity contribution in [2.75, 3.05) is 24.0 Å². The molecule has 0 spiro atoms. The number of hydrogen-bond acceptors (Lipinski definition) is 5. The molecule has 25 heavy (non-hydrogen) atoms. The molecule has 8 heteroatoms. The van der Waals surface area contributed by atoms with E-state index in [-0.39, 0.29) is 5.91 Å². The lowest BCUT2D eigenvalue weighted by Gasteiger charge is -2.16. The molecule has 3 rings (SSSR count). The molecule has 0 saturated carbocycles. The standard InChI is InChI=1S/C17H18FN5OS/c1-22(16(24)10-25-3)12-4-5-13(20-8-12)17-21-14-6-11(7-18)19-9-15(14)23(17)2/h4-6,8-9H,7,10H2,1-3H3. The molecular formula is C17H18FN5OS. The predicted molar refractivity (Wildman–Crippen MR) is 98.3 cm³/mol. The normalized spacial score (nSPS) is 11.0. The Hall–Kier alpha value is -2.48. The number of fused-ring (bicyclic) bond motifs is 1. The lowest BCUT2D eigenvalue weighted by molar-refractivity contribution is -0.115. The first-order valence-corrected chi connectivity index (χ1v) is 9.03. The van der Waals surface area contributed by atoms with E-state index < -0.39 is 6.67 Å². The van der Waals surface area contributed by atoms with Gasteiger partial charge in [-0.2, -0.15) is 11.8 Å². The monoisotopic (exact) mass is 359 g/mol. The molecule has 0 radical (unpaired) electrons. The second-order valence-corrected chi connectivity index (χ2v) is 6.45. The number of rotatable bonds is 5. The van der Waals surface area contributed by atoms with E-state index in [0.29, 0.717) is 28.5 Å². The van der Waals surface area contributed by atoms with Crippen molar-refractivity contribution < 1.29 is 9.18 Å². The fourth-order valence-corrected chi connectivity index (χ4v) is 2.95. The van der Waals surface area contributed by atoms with Crippen molar-refractivity contribution >= 4 is 34.4 Å². The molecule has 0 fully saturated rings. The van der Waals surface area contributed by atoms with Crippen LogP contribution in [0.1, 0.15) is 5.69 Å². The molecule has 3 aromatic rings. The van der Waals surface area contributed by atoms with Gasteiger partial charge in [-0.25, -0.2) is 9.37 Å². The molecule has 0 aliphatic rings. The number of carbonyl (C=O) groups excluding carboxylic acids is 1. The molecule has 0 aromatic carbocycles. The molecule has 1 amide bonds. The second kappa shape index (κ2) is 7.18. The van der Waals surface area contributed by atoms with Crippen LogP contribution in [0, 0.1) is 0 Å². The number of thioether (sulfide) groups is 1. The zero-order valence-corrected chi connectivity index (χ0v) is 15.0. The number of hydrogen-bond donors (Lipinski definition) is 0. The highest BCUT2D eigenvalue weighted by Crippen LogP contribution is 2.24. The van der Waals surface area contributed by atoms with Crippen LogP contribution in [0.3, 0.4) is 0 Å². The number of halogens is 1. The smallest absolute Gasteiger partial charge is 0.236 e. The van der Waals surface area contributed by atoms with Gasteiger partial charge in [-0.1, -0.05) is 0 Å². The Morgan fingerprint density at radius 1 is 1.32 bits per heavy atom. The Morgan fingerprint density at radius 2 is 2.12 bits per heavy atom. The largest absolute Gasteiger partial charge is 0.325 e. The maximum Gasteiger partial charge on any atom is 0.236 e. The Kier molecular flexibility index (Phi) is 4.98. The Labute approximate surface area is 149 Å². The van der Waals surface area contributed by atoms with Crippen molar-refractivity contribution in [3.05, 3.63) is 36.3 Å². The molecule has 0 atom stereocenters. The molecule has 6 nitrogen and oxygen atoms in total. The zero-order chi connectivity index (χ0) is 18.0. The number of nitrogens with zero attached hydrogens (tertiary/aromatic N) is 5. The topological polar surface area (TPSA) is 63.9 Å². The van der Waals surface area contributed by atoms with E-state index >= 15 is 0 Å². The van der Waals surface area contributed by atoms with Gasteiger partial charge >= 0.3 is 0 Å². The average molecular weight is 359 g/mol. The fourth-order valence-electron chi connectivity index (χ4n) is 2.51. The maximum atomic E-state index is 12.8. The van der Waals surface area contributed by atoms with E-state index in [1.54, 1.807) is 30.4 Å². The van der Waals surface area contributed by atoms with Crippen LogP contribution in [0.4, 0.5) is 10.1 Å². The van der Waals surface area contributed by atoms with E-state index in [9.17, 15) is 9.18 Å². The van der Waals surface area contributed by atoms with Gasteiger partial charge in [0.2, 0.25) is 5.91 Å². The Morgan fingerprint density at radius 3 is 2.76 bits per heavy atom. The van der Waals surface area contributed by atoms with E-state index in [0.717, 1.165) is 11.2 Å². The molecule has 0 saturated heterocycles. The minimum atomic E-state index is -0.620. The summed E-state index contributed by atoms with van der Waals surface area (Å²) in [7, 11) is 3.60. The summed E-state index contributed by atoms with van der Waals surface area (Å²) in [6, 6.07) is 5.30. The molecule has 0 bridgehead atoms. The van der Waals surface area contributed by atoms with Crippen molar-refractivity contribution in [1.82, 2.24) is 19.5 Å². The first kappa shape index (κ1) is 17.3. The van der Waals surface area contributed by atoms with E-state index in [1.165, 1.54) is 11.8 Å². The van der Waals surface area contributed by atoms with E-state index in [4.69, 9.17) is 0 Å². The van der Waals surface area contributed by atoms with Gasteiger partial charge in [0.05, 0.1) is 40.6 Å². The quantitative estimate of drug-likeness (QED) is 0.701. The summed E-state index contributed by atoms with van der Waals surface area (Å²) < 4.78 is 14.7. The van der Waals surface area contributed by atoms with Crippen LogP contribution in [-0.2, 0) is 18.5 Å². The van der Waals surface area contributed by atoms with Crippen LogP contribution in [0.15, 0.2) is 30.6 Å². The molecule has 3 heterocycles. The number of imidazole rings is 1. The minimum absolute atomic E-state index is 0.0228. The Balaban J connectivity index is 1.93. The van der Waals surface area contributed by atoms with Gasteiger partial charge in [0.25, 0.3) is 0 Å². The summed E-state index contributed by atoms with van der Waals surface area (Å²) in [6.45, 7) is -0.620. The van der Waals surface area contributed by atoms with Crippen LogP contribution in [0.2, 0.25) is 0 Å². The van der Waals surface area contributed by atoms with Gasteiger partial charge in [0, 0.05) is 14.1 Å². The first-order valence-electron chi connectivity index (χ1n) is 7.64. The van der Waals surface area contributed by atoms with Crippen LogP contribution in [0.25, 0.3) is 22.6 Å². The molecule has 3 aromatic heterocycles. The van der Waals surface area contributed by atoms with Crippen molar-refractivity contribution in [3.8, 4) is 11.5 Å². The number of aryl methyl sites for hydroxylation is 1. The number of pyridine rings is 2. The highest BCUT2D eigenvalue weighted by Gasteiger charge is 2.14. The average Bonchev–Trinajstić information content (AvgIpc) is 2.97. The molecule has 0 aliphatic carbocycles. The SMILES string of the molecule is CSCC(=O)N(C)c1ccc(-c2nc3cc(CF)ncc3n2C)nc1. The summed E-state index contributed by atoms with van der Waals surface area (Å²) in [5.41, 5.74) is 3.25. The van der Waals surface area contributed by atoms with E-state index in [2.05, 4.69) is 15.0 Å². The van der Waals surface area contributed by atoms with Crippen molar-refractivity contribution in [2.24, 2.45) is 7.05 Å². The number of carbonyl (C=O) groups is 1. The number of alkyl halides is 1. The summed E-state index contributed by atoms with van der Waals surface area (Å²) in [6.07, 6.45) is 5.16. The lowest BCUT2D eigenvalue weighted by atomic mass is 10.3. The first-order chi connectivity index (χ1) is 12.0. The van der Waals surface area contributed by atoms with Crippen molar-refractivity contribution in [3.63, 3.8) is 0 Å². The van der Waals surface area contributed by atoms with Crippen molar-refractivity contribution in [2.45, 2.75) is 6.67 Å². The fraction of sp³-hybridized carbons (Fsp3) is 0.294. The highest BCUT2D eigenvalue weighted by atomic mass is 32.2. The van der Waals surface area contributed by atoms with Crippen LogP contribution < -0.4 is 4.90 Å². The Bertz CT molecular complexity index is 909. The predicted octanol–water partition coefficient (Wildman–Crippen LogP) is 2.83. The number of aromatic nitrogens is 4. The van der Waals surface area contributed by atoms with Crippen LogP contribution >= 0.6 is 11.8 Å². The summed E-state index contributed by atoms with van der Waals surface area (Å²) in [4.78, 5) is 26.6. The van der Waals surface area contributed by atoms with Gasteiger partial charge in [-0.3, -0.25) is 14.8 Å². The molecule has 0 unspecified atom stereocenters. The third kappa shape index (κ3) is 3.34. The third-order valence-electron chi connectivity index (χ3n) is 3.97. The minimum Gasteiger partial charge on any atom is -0.325 e. The van der Waals surface area contributed by atoms with Gasteiger partial charge in [0.1, 0.15) is 12.4 Å². The van der Waals surface area contributed by atoms with Gasteiger partial charge < -0.3 is 9.47 Å².